The van der Waals surface area contributed by atoms with Gasteiger partial charge in [-0.05, 0) is 30.7 Å². The van der Waals surface area contributed by atoms with Crippen LogP contribution in [0.2, 0.25) is 0 Å². The molecule has 6 heteroatoms. The molecule has 2 aromatic rings. The smallest absolute Gasteiger partial charge is 0.246 e. The van der Waals surface area contributed by atoms with E-state index in [0.29, 0.717) is 18.0 Å². The van der Waals surface area contributed by atoms with Gasteiger partial charge in [-0.25, -0.2) is 0 Å². The summed E-state index contributed by atoms with van der Waals surface area (Å²) in [6.45, 7) is 2.40. The zero-order valence-electron chi connectivity index (χ0n) is 12.6. The van der Waals surface area contributed by atoms with Crippen LogP contribution in [-0.2, 0) is 22.5 Å². The maximum atomic E-state index is 11.3. The number of carbonyl (C=O) groups excluding carboxylic acids is 1. The predicted octanol–water partition coefficient (Wildman–Crippen LogP) is 1.93. The molecule has 1 atom stereocenters. The summed E-state index contributed by atoms with van der Waals surface area (Å²) in [4.78, 5) is 11.3. The summed E-state index contributed by atoms with van der Waals surface area (Å²) < 4.78 is 15.8. The minimum atomic E-state index is -0.185. The van der Waals surface area contributed by atoms with Crippen LogP contribution < -0.4 is 10.1 Å². The van der Waals surface area contributed by atoms with Gasteiger partial charge < -0.3 is 19.3 Å². The third kappa shape index (κ3) is 3.12. The van der Waals surface area contributed by atoms with Crippen molar-refractivity contribution in [3.63, 3.8) is 0 Å². The molecule has 1 aliphatic rings. The number of nitrogens with one attached hydrogen (secondary N) is 1. The molecule has 1 aliphatic heterocycles. The Kier molecular flexibility index (Phi) is 4.11. The summed E-state index contributed by atoms with van der Waals surface area (Å²) in [7, 11) is 1.48. The summed E-state index contributed by atoms with van der Waals surface area (Å²) in [6, 6.07) is 7.79. The molecule has 22 heavy (non-hydrogen) atoms. The molecule has 0 aliphatic carbocycles. The monoisotopic (exact) mass is 302 g/mol. The van der Waals surface area contributed by atoms with Crippen LogP contribution in [0.5, 0.6) is 5.75 Å². The maximum Gasteiger partial charge on any atom is 0.246 e. The SMILES string of the molecule is COCC(=O)NCc1cc(-c2ccc3c(c2)CC(C)O3)on1. The molecular weight excluding hydrogens is 284 g/mol. The topological polar surface area (TPSA) is 73.6 Å². The molecule has 1 aromatic heterocycles. The molecule has 1 aromatic carbocycles. The molecule has 1 unspecified atom stereocenters. The lowest BCUT2D eigenvalue weighted by molar-refractivity contribution is -0.124. The van der Waals surface area contributed by atoms with Crippen LogP contribution in [0.25, 0.3) is 11.3 Å². The number of fused-ring (bicyclic) bond motifs is 1. The van der Waals surface area contributed by atoms with Gasteiger partial charge in [0.2, 0.25) is 5.91 Å². The fourth-order valence-corrected chi connectivity index (χ4v) is 2.48. The van der Waals surface area contributed by atoms with E-state index in [9.17, 15) is 4.79 Å². The first-order chi connectivity index (χ1) is 10.7. The first-order valence-electron chi connectivity index (χ1n) is 7.17. The lowest BCUT2D eigenvalue weighted by Crippen LogP contribution is -2.26. The van der Waals surface area contributed by atoms with Crippen LogP contribution in [0, 0.1) is 0 Å². The van der Waals surface area contributed by atoms with Gasteiger partial charge in [-0.3, -0.25) is 4.79 Å². The number of benzene rings is 1. The van der Waals surface area contributed by atoms with E-state index in [2.05, 4.69) is 23.5 Å². The molecule has 0 saturated carbocycles. The summed E-state index contributed by atoms with van der Waals surface area (Å²) in [6.07, 6.45) is 1.11. The van der Waals surface area contributed by atoms with Gasteiger partial charge >= 0.3 is 0 Å². The largest absolute Gasteiger partial charge is 0.490 e. The second kappa shape index (κ2) is 6.19. The van der Waals surface area contributed by atoms with E-state index in [-0.39, 0.29) is 18.6 Å². The third-order valence-electron chi connectivity index (χ3n) is 3.48. The number of rotatable bonds is 5. The minimum absolute atomic E-state index is 0.0354. The van der Waals surface area contributed by atoms with Gasteiger partial charge in [0.05, 0.1) is 6.54 Å². The van der Waals surface area contributed by atoms with E-state index in [1.807, 2.05) is 18.2 Å². The number of nitrogens with zero attached hydrogens (tertiary/aromatic N) is 1. The Morgan fingerprint density at radius 1 is 1.45 bits per heavy atom. The molecule has 0 bridgehead atoms. The molecule has 3 rings (SSSR count). The van der Waals surface area contributed by atoms with Crippen molar-refractivity contribution in [2.45, 2.75) is 26.0 Å². The van der Waals surface area contributed by atoms with Crippen LogP contribution in [0.1, 0.15) is 18.2 Å². The Hall–Kier alpha value is -2.34. The molecule has 0 saturated heterocycles. The lowest BCUT2D eigenvalue weighted by Gasteiger charge is -2.02. The number of hydrogen-bond donors (Lipinski definition) is 1. The van der Waals surface area contributed by atoms with Gasteiger partial charge in [-0.1, -0.05) is 5.16 Å². The van der Waals surface area contributed by atoms with Crippen LogP contribution >= 0.6 is 0 Å². The molecule has 0 fully saturated rings. The summed E-state index contributed by atoms with van der Waals surface area (Å²) in [5.74, 6) is 1.43. The van der Waals surface area contributed by atoms with E-state index in [1.54, 1.807) is 0 Å². The number of ether oxygens (including phenoxy) is 2. The van der Waals surface area contributed by atoms with Crippen molar-refractivity contribution < 1.29 is 18.8 Å². The predicted molar refractivity (Wildman–Crippen MR) is 79.5 cm³/mol. The zero-order valence-corrected chi connectivity index (χ0v) is 12.6. The Morgan fingerprint density at radius 3 is 3.14 bits per heavy atom. The van der Waals surface area contributed by atoms with Crippen molar-refractivity contribution in [3.05, 3.63) is 35.5 Å². The van der Waals surface area contributed by atoms with E-state index in [0.717, 1.165) is 17.7 Å². The summed E-state index contributed by atoms with van der Waals surface area (Å²) in [5.41, 5.74) is 2.80. The number of amides is 1. The van der Waals surface area contributed by atoms with E-state index in [1.165, 1.54) is 12.7 Å². The molecule has 116 valence electrons. The molecule has 6 nitrogen and oxygen atoms in total. The number of methoxy groups -OCH3 is 1. The molecule has 0 spiro atoms. The second-order valence-electron chi connectivity index (χ2n) is 5.35. The van der Waals surface area contributed by atoms with Crippen molar-refractivity contribution in [1.82, 2.24) is 10.5 Å². The molecule has 1 amide bonds. The van der Waals surface area contributed by atoms with Crippen molar-refractivity contribution in [2.24, 2.45) is 0 Å². The van der Waals surface area contributed by atoms with Crippen molar-refractivity contribution in [3.8, 4) is 17.1 Å². The molecule has 0 radical (unpaired) electrons. The molecule has 1 N–H and O–H groups in total. The number of hydrogen-bond acceptors (Lipinski definition) is 5. The highest BCUT2D eigenvalue weighted by Gasteiger charge is 2.20. The van der Waals surface area contributed by atoms with Crippen LogP contribution in [0.15, 0.2) is 28.8 Å². The van der Waals surface area contributed by atoms with Crippen LogP contribution in [-0.4, -0.2) is 30.9 Å². The standard InChI is InChI=1S/C16H18N2O4/c1-10-5-12-6-11(3-4-14(12)21-10)15-7-13(18-22-15)8-17-16(19)9-20-2/h3-4,6-7,10H,5,8-9H2,1-2H3,(H,17,19). The van der Waals surface area contributed by atoms with E-state index >= 15 is 0 Å². The Bertz CT molecular complexity index is 681. The highest BCUT2D eigenvalue weighted by Crippen LogP contribution is 2.32. The lowest BCUT2D eigenvalue weighted by atomic mass is 10.1. The average molecular weight is 302 g/mol. The van der Waals surface area contributed by atoms with E-state index in [4.69, 9.17) is 14.0 Å². The summed E-state index contributed by atoms with van der Waals surface area (Å²) >= 11 is 0. The van der Waals surface area contributed by atoms with Gasteiger partial charge in [0.25, 0.3) is 0 Å². The Labute approximate surface area is 128 Å². The quantitative estimate of drug-likeness (QED) is 0.913. The van der Waals surface area contributed by atoms with Gasteiger partial charge in [-0.15, -0.1) is 0 Å². The maximum absolute atomic E-state index is 11.3. The number of aromatic nitrogens is 1. The van der Waals surface area contributed by atoms with E-state index < -0.39 is 0 Å². The fourth-order valence-electron chi connectivity index (χ4n) is 2.48. The minimum Gasteiger partial charge on any atom is -0.490 e. The zero-order chi connectivity index (χ0) is 15.5. The van der Waals surface area contributed by atoms with Crippen LogP contribution in [0.4, 0.5) is 0 Å². The van der Waals surface area contributed by atoms with Gasteiger partial charge in [0.15, 0.2) is 5.76 Å². The summed E-state index contributed by atoms with van der Waals surface area (Å²) in [5, 5.41) is 6.68. The van der Waals surface area contributed by atoms with Gasteiger partial charge in [0.1, 0.15) is 24.2 Å². The van der Waals surface area contributed by atoms with Crippen molar-refractivity contribution in [1.29, 1.82) is 0 Å². The van der Waals surface area contributed by atoms with Gasteiger partial charge in [0, 0.05) is 25.2 Å². The fraction of sp³-hybridized carbons (Fsp3) is 0.375. The highest BCUT2D eigenvalue weighted by molar-refractivity contribution is 5.77. The molecular formula is C16H18N2O4. The average Bonchev–Trinajstić information content (AvgIpc) is 3.09. The van der Waals surface area contributed by atoms with Gasteiger partial charge in [-0.2, -0.15) is 0 Å². The van der Waals surface area contributed by atoms with Crippen molar-refractivity contribution >= 4 is 5.91 Å². The van der Waals surface area contributed by atoms with Crippen molar-refractivity contribution in [2.75, 3.05) is 13.7 Å². The Morgan fingerprint density at radius 2 is 2.32 bits per heavy atom. The first-order valence-corrected chi connectivity index (χ1v) is 7.17. The van der Waals surface area contributed by atoms with Crippen LogP contribution in [0.3, 0.4) is 0 Å². The Balaban J connectivity index is 1.69. The molecule has 2 heterocycles. The number of carbonyl (C=O) groups is 1. The highest BCUT2D eigenvalue weighted by atomic mass is 16.5. The third-order valence-corrected chi connectivity index (χ3v) is 3.48. The second-order valence-corrected chi connectivity index (χ2v) is 5.35. The first kappa shape index (κ1) is 14.6. The normalized spacial score (nSPS) is 16.2.